The molecule has 1 N–H and O–H groups in total. The van der Waals surface area contributed by atoms with Crippen LogP contribution in [0.4, 0.5) is 4.39 Å². The Morgan fingerprint density at radius 3 is 2.86 bits per heavy atom. The van der Waals surface area contributed by atoms with E-state index in [0.717, 1.165) is 6.42 Å². The van der Waals surface area contributed by atoms with E-state index in [1.807, 2.05) is 6.92 Å². The Bertz CT molecular complexity index is 532. The molecule has 0 radical (unpaired) electrons. The minimum absolute atomic E-state index is 0.0464. The monoisotopic (exact) mass is 293 g/mol. The molecular weight excluding hydrogens is 273 g/mol. The maximum atomic E-state index is 13.5. The largest absolute Gasteiger partial charge is 0.481 e. The van der Waals surface area contributed by atoms with E-state index in [0.29, 0.717) is 31.4 Å². The minimum atomic E-state index is -0.930. The van der Waals surface area contributed by atoms with Gasteiger partial charge in [0.15, 0.2) is 0 Å². The minimum Gasteiger partial charge on any atom is -0.481 e. The highest BCUT2D eigenvalue weighted by molar-refractivity contribution is 5.79. The first kappa shape index (κ1) is 15.5. The first-order chi connectivity index (χ1) is 10.0. The van der Waals surface area contributed by atoms with Crippen LogP contribution < -0.4 is 0 Å². The van der Waals surface area contributed by atoms with Gasteiger partial charge < -0.3 is 10.0 Å². The van der Waals surface area contributed by atoms with Crippen molar-refractivity contribution >= 4 is 11.9 Å². The van der Waals surface area contributed by atoms with Crippen molar-refractivity contribution in [1.29, 1.82) is 0 Å². The van der Waals surface area contributed by atoms with Crippen molar-refractivity contribution in [1.82, 2.24) is 4.90 Å². The fraction of sp³-hybridized carbons (Fsp3) is 0.500. The van der Waals surface area contributed by atoms with E-state index >= 15 is 0 Å². The average Bonchev–Trinajstić information content (AvgIpc) is 2.59. The molecule has 2 unspecified atom stereocenters. The first-order valence-electron chi connectivity index (χ1n) is 7.32. The van der Waals surface area contributed by atoms with Gasteiger partial charge in [-0.1, -0.05) is 19.1 Å². The maximum Gasteiger partial charge on any atom is 0.308 e. The second-order valence-corrected chi connectivity index (χ2v) is 5.42. The fourth-order valence-corrected chi connectivity index (χ4v) is 3.01. The van der Waals surface area contributed by atoms with Gasteiger partial charge in [-0.2, -0.15) is 0 Å². The molecule has 5 heteroatoms. The van der Waals surface area contributed by atoms with Gasteiger partial charge >= 0.3 is 5.97 Å². The van der Waals surface area contributed by atoms with E-state index in [-0.39, 0.29) is 5.91 Å². The number of carboxylic acids is 1. The Balaban J connectivity index is 2.47. The highest BCUT2D eigenvalue weighted by Gasteiger charge is 2.38. The van der Waals surface area contributed by atoms with E-state index in [4.69, 9.17) is 0 Å². The standard InChI is InChI=1S/C16H20FNO3/c1-2-9-18-14(19)8-4-7-13(16(20)21)15(18)11-5-3-6-12(17)10-11/h3,5-6,10,13,15H,2,4,7-9H2,1H3,(H,20,21). The first-order valence-corrected chi connectivity index (χ1v) is 7.32. The van der Waals surface area contributed by atoms with E-state index in [2.05, 4.69) is 0 Å². The number of aliphatic carboxylic acids is 1. The van der Waals surface area contributed by atoms with Gasteiger partial charge in [0, 0.05) is 13.0 Å². The number of carbonyl (C=O) groups excluding carboxylic acids is 1. The van der Waals surface area contributed by atoms with Crippen LogP contribution in [0.3, 0.4) is 0 Å². The quantitative estimate of drug-likeness (QED) is 0.928. The number of nitrogens with zero attached hydrogens (tertiary/aromatic N) is 1. The summed E-state index contributed by atoms with van der Waals surface area (Å²) in [5, 5.41) is 9.50. The molecule has 0 spiro atoms. The number of benzene rings is 1. The third-order valence-corrected chi connectivity index (χ3v) is 3.91. The third-order valence-electron chi connectivity index (χ3n) is 3.91. The van der Waals surface area contributed by atoms with Crippen molar-refractivity contribution in [2.24, 2.45) is 5.92 Å². The lowest BCUT2D eigenvalue weighted by molar-refractivity contribution is -0.146. The van der Waals surface area contributed by atoms with E-state index < -0.39 is 23.7 Å². The van der Waals surface area contributed by atoms with Crippen molar-refractivity contribution in [3.8, 4) is 0 Å². The SMILES string of the molecule is CCCN1C(=O)CCCC(C(=O)O)C1c1cccc(F)c1. The van der Waals surface area contributed by atoms with Crippen LogP contribution in [0.1, 0.15) is 44.2 Å². The summed E-state index contributed by atoms with van der Waals surface area (Å²) >= 11 is 0. The summed E-state index contributed by atoms with van der Waals surface area (Å²) in [7, 11) is 0. The van der Waals surface area contributed by atoms with E-state index in [9.17, 15) is 19.1 Å². The van der Waals surface area contributed by atoms with Crippen molar-refractivity contribution in [2.45, 2.75) is 38.6 Å². The highest BCUT2D eigenvalue weighted by Crippen LogP contribution is 2.36. The number of amides is 1. The summed E-state index contributed by atoms with van der Waals surface area (Å²) in [6.45, 7) is 2.43. The van der Waals surface area contributed by atoms with Crippen molar-refractivity contribution in [2.75, 3.05) is 6.54 Å². The summed E-state index contributed by atoms with van der Waals surface area (Å²) in [6, 6.07) is 5.32. The van der Waals surface area contributed by atoms with Gasteiger partial charge in [-0.3, -0.25) is 9.59 Å². The second-order valence-electron chi connectivity index (χ2n) is 5.42. The molecule has 2 atom stereocenters. The van der Waals surface area contributed by atoms with Crippen LogP contribution in [0.15, 0.2) is 24.3 Å². The van der Waals surface area contributed by atoms with Crippen LogP contribution in [0.25, 0.3) is 0 Å². The molecule has 1 aliphatic heterocycles. The van der Waals surface area contributed by atoms with Crippen LogP contribution >= 0.6 is 0 Å². The zero-order chi connectivity index (χ0) is 15.4. The Labute approximate surface area is 123 Å². The van der Waals surface area contributed by atoms with Crippen molar-refractivity contribution in [3.63, 3.8) is 0 Å². The van der Waals surface area contributed by atoms with Crippen molar-refractivity contribution in [3.05, 3.63) is 35.6 Å². The molecule has 1 aromatic carbocycles. The molecule has 0 bridgehead atoms. The lowest BCUT2D eigenvalue weighted by atomic mass is 9.89. The molecule has 1 saturated heterocycles. The van der Waals surface area contributed by atoms with Gasteiger partial charge in [0.25, 0.3) is 0 Å². The molecule has 1 fully saturated rings. The van der Waals surface area contributed by atoms with E-state index in [1.54, 1.807) is 17.0 Å². The number of carboxylic acid groups (broad SMARTS) is 1. The summed E-state index contributed by atoms with van der Waals surface area (Å²) in [5.74, 6) is -2.08. The van der Waals surface area contributed by atoms with Crippen LogP contribution in [0, 0.1) is 11.7 Å². The van der Waals surface area contributed by atoms with Crippen LogP contribution in [0.2, 0.25) is 0 Å². The lowest BCUT2D eigenvalue weighted by Gasteiger charge is -2.33. The number of rotatable bonds is 4. The molecule has 21 heavy (non-hydrogen) atoms. The van der Waals surface area contributed by atoms with Gasteiger partial charge in [-0.25, -0.2) is 4.39 Å². The summed E-state index contributed by atoms with van der Waals surface area (Å²) in [6.07, 6.45) is 2.09. The van der Waals surface area contributed by atoms with Crippen LogP contribution in [-0.4, -0.2) is 28.4 Å². The topological polar surface area (TPSA) is 57.6 Å². The zero-order valence-electron chi connectivity index (χ0n) is 12.1. The molecule has 2 rings (SSSR count). The maximum absolute atomic E-state index is 13.5. The predicted octanol–water partition coefficient (Wildman–Crippen LogP) is 2.99. The summed E-state index contributed by atoms with van der Waals surface area (Å²) in [4.78, 5) is 25.5. The predicted molar refractivity (Wildman–Crippen MR) is 76.1 cm³/mol. The molecule has 1 heterocycles. The van der Waals surface area contributed by atoms with Crippen LogP contribution in [-0.2, 0) is 9.59 Å². The molecule has 0 aliphatic carbocycles. The average molecular weight is 293 g/mol. The molecule has 1 aliphatic rings. The molecule has 0 aromatic heterocycles. The number of hydrogen-bond acceptors (Lipinski definition) is 2. The van der Waals surface area contributed by atoms with E-state index in [1.165, 1.54) is 12.1 Å². The molecule has 4 nitrogen and oxygen atoms in total. The Kier molecular flexibility index (Phi) is 4.94. The molecule has 0 saturated carbocycles. The van der Waals surface area contributed by atoms with Gasteiger partial charge in [-0.15, -0.1) is 0 Å². The molecular formula is C16H20FNO3. The highest BCUT2D eigenvalue weighted by atomic mass is 19.1. The summed E-state index contributed by atoms with van der Waals surface area (Å²) in [5.41, 5.74) is 0.561. The van der Waals surface area contributed by atoms with Crippen molar-refractivity contribution < 1.29 is 19.1 Å². The van der Waals surface area contributed by atoms with Crippen LogP contribution in [0.5, 0.6) is 0 Å². The number of likely N-dealkylation sites (tertiary alicyclic amines) is 1. The van der Waals surface area contributed by atoms with Gasteiger partial charge in [0.2, 0.25) is 5.91 Å². The summed E-state index contributed by atoms with van der Waals surface area (Å²) < 4.78 is 13.5. The normalized spacial score (nSPS) is 23.0. The van der Waals surface area contributed by atoms with Gasteiger partial charge in [-0.05, 0) is 37.0 Å². The zero-order valence-corrected chi connectivity index (χ0v) is 12.1. The van der Waals surface area contributed by atoms with Gasteiger partial charge in [0.05, 0.1) is 12.0 Å². The second kappa shape index (κ2) is 6.70. The lowest BCUT2D eigenvalue weighted by Crippen LogP contribution is -2.39. The fourth-order valence-electron chi connectivity index (χ4n) is 3.01. The Morgan fingerprint density at radius 1 is 1.48 bits per heavy atom. The smallest absolute Gasteiger partial charge is 0.308 e. The van der Waals surface area contributed by atoms with Gasteiger partial charge in [0.1, 0.15) is 5.82 Å². The number of carbonyl (C=O) groups is 2. The molecule has 114 valence electrons. The third kappa shape index (κ3) is 3.40. The number of hydrogen-bond donors (Lipinski definition) is 1. The molecule has 1 amide bonds. The molecule has 1 aromatic rings. The Hall–Kier alpha value is -1.91. The number of halogens is 1. The Morgan fingerprint density at radius 2 is 2.24 bits per heavy atom.